The summed E-state index contributed by atoms with van der Waals surface area (Å²) < 4.78 is 27.1. The number of anilines is 2. The summed E-state index contributed by atoms with van der Waals surface area (Å²) in [5, 5.41) is 7.47. The zero-order valence-electron chi connectivity index (χ0n) is 14.8. The maximum absolute atomic E-state index is 12.4. The number of rotatable bonds is 6. The van der Waals surface area contributed by atoms with E-state index in [-0.39, 0.29) is 10.8 Å². The van der Waals surface area contributed by atoms with Crippen molar-refractivity contribution < 1.29 is 8.42 Å². The lowest BCUT2D eigenvalue weighted by Crippen LogP contribution is -2.28. The van der Waals surface area contributed by atoms with Crippen molar-refractivity contribution >= 4 is 62.2 Å². The first-order valence-electron chi connectivity index (χ1n) is 8.22. The van der Waals surface area contributed by atoms with Gasteiger partial charge in [-0.15, -0.1) is 0 Å². The molecule has 0 saturated heterocycles. The fourth-order valence-electron chi connectivity index (χ4n) is 2.26. The molecular weight excluding hydrogens is 453 g/mol. The molecule has 0 radical (unpaired) electrons. The van der Waals surface area contributed by atoms with E-state index in [1.165, 1.54) is 24.5 Å². The predicted molar refractivity (Wildman–Crippen MR) is 119 cm³/mol. The molecule has 0 aliphatic carbocycles. The van der Waals surface area contributed by atoms with Crippen LogP contribution in [0.4, 0.5) is 11.6 Å². The highest BCUT2D eigenvalue weighted by atomic mass is 35.5. The zero-order valence-corrected chi connectivity index (χ0v) is 17.9. The molecule has 0 aliphatic heterocycles. The van der Waals surface area contributed by atoms with Gasteiger partial charge in [0, 0.05) is 34.7 Å². The van der Waals surface area contributed by atoms with E-state index >= 15 is 0 Å². The maximum atomic E-state index is 12.4. The van der Waals surface area contributed by atoms with Gasteiger partial charge >= 0.3 is 0 Å². The first kappa shape index (κ1) is 21.3. The molecule has 3 rings (SSSR count). The van der Waals surface area contributed by atoms with E-state index < -0.39 is 10.0 Å². The Labute approximate surface area is 183 Å². The summed E-state index contributed by atoms with van der Waals surface area (Å²) in [5.41, 5.74) is 1.47. The van der Waals surface area contributed by atoms with Gasteiger partial charge in [-0.25, -0.2) is 23.1 Å². The summed E-state index contributed by atoms with van der Waals surface area (Å²) in [5.74, 6) is 0.000870. The molecule has 29 heavy (non-hydrogen) atoms. The first-order valence-corrected chi connectivity index (χ1v) is 10.9. The summed E-state index contributed by atoms with van der Waals surface area (Å²) >= 11 is 17.3. The first-order chi connectivity index (χ1) is 13.8. The van der Waals surface area contributed by atoms with Crippen LogP contribution in [-0.4, -0.2) is 23.5 Å². The SMILES string of the molecule is O=S(=O)(Nc1ncccn1)c1ccc(NC(=S)NCc2ccc(Cl)cc2Cl)cc1. The third kappa shape index (κ3) is 6.01. The lowest BCUT2D eigenvalue weighted by molar-refractivity contribution is 0.601. The van der Waals surface area contributed by atoms with Gasteiger partial charge < -0.3 is 10.6 Å². The maximum Gasteiger partial charge on any atom is 0.264 e. The van der Waals surface area contributed by atoms with Crippen LogP contribution < -0.4 is 15.4 Å². The summed E-state index contributed by atoms with van der Waals surface area (Å²) in [6, 6.07) is 12.9. The number of nitrogens with zero attached hydrogens (tertiary/aromatic N) is 2. The molecule has 3 aromatic rings. The minimum Gasteiger partial charge on any atom is -0.358 e. The highest BCUT2D eigenvalue weighted by molar-refractivity contribution is 7.92. The van der Waals surface area contributed by atoms with Crippen molar-refractivity contribution in [3.8, 4) is 0 Å². The second-order valence-corrected chi connectivity index (χ2v) is 8.68. The van der Waals surface area contributed by atoms with Gasteiger partial charge in [0.05, 0.1) is 4.90 Å². The molecule has 150 valence electrons. The molecule has 7 nitrogen and oxygen atoms in total. The number of nitrogens with one attached hydrogen (secondary N) is 3. The van der Waals surface area contributed by atoms with E-state index in [2.05, 4.69) is 25.3 Å². The Balaban J connectivity index is 1.59. The van der Waals surface area contributed by atoms with E-state index in [0.29, 0.717) is 27.4 Å². The molecule has 0 saturated carbocycles. The summed E-state index contributed by atoms with van der Waals surface area (Å²) in [6.45, 7) is 0.412. The van der Waals surface area contributed by atoms with Crippen molar-refractivity contribution in [2.75, 3.05) is 10.0 Å². The van der Waals surface area contributed by atoms with Crippen molar-refractivity contribution in [3.05, 3.63) is 76.5 Å². The largest absolute Gasteiger partial charge is 0.358 e. The standard InChI is InChI=1S/C18H15Cl2N5O2S2/c19-13-3-2-12(16(20)10-13)11-23-18(28)24-14-4-6-15(7-5-14)29(26,27)25-17-21-8-1-9-22-17/h1-10H,11H2,(H,21,22,25)(H2,23,24,28). The van der Waals surface area contributed by atoms with Gasteiger partial charge in [0.25, 0.3) is 10.0 Å². The third-order valence-corrected chi connectivity index (χ3v) is 5.85. The Kier molecular flexibility index (Phi) is 6.86. The number of hydrogen-bond donors (Lipinski definition) is 3. The third-order valence-electron chi connectivity index (χ3n) is 3.67. The fourth-order valence-corrected chi connectivity index (χ4v) is 3.89. The lowest BCUT2D eigenvalue weighted by atomic mass is 10.2. The van der Waals surface area contributed by atoms with E-state index in [4.69, 9.17) is 35.4 Å². The minimum absolute atomic E-state index is 0.000870. The van der Waals surface area contributed by atoms with Gasteiger partial charge in [0.15, 0.2) is 5.11 Å². The molecule has 3 N–H and O–H groups in total. The molecule has 0 fully saturated rings. The van der Waals surface area contributed by atoms with Gasteiger partial charge in [-0.3, -0.25) is 0 Å². The van der Waals surface area contributed by atoms with E-state index in [1.54, 1.807) is 30.3 Å². The Morgan fingerprint density at radius 2 is 1.72 bits per heavy atom. The fraction of sp³-hybridized carbons (Fsp3) is 0.0556. The van der Waals surface area contributed by atoms with Gasteiger partial charge in [-0.1, -0.05) is 29.3 Å². The topological polar surface area (TPSA) is 96.0 Å². The van der Waals surface area contributed by atoms with E-state index in [1.807, 2.05) is 6.07 Å². The molecular formula is C18H15Cl2N5O2S2. The average molecular weight is 468 g/mol. The van der Waals surface area contributed by atoms with Crippen molar-refractivity contribution in [3.63, 3.8) is 0 Å². The quantitative estimate of drug-likeness (QED) is 0.470. The lowest BCUT2D eigenvalue weighted by Gasteiger charge is -2.12. The van der Waals surface area contributed by atoms with Crippen LogP contribution in [0.25, 0.3) is 0 Å². The van der Waals surface area contributed by atoms with Gasteiger partial charge in [-0.2, -0.15) is 0 Å². The number of thiocarbonyl (C=S) groups is 1. The molecule has 0 unspecified atom stereocenters. The number of aromatic nitrogens is 2. The molecule has 0 atom stereocenters. The molecule has 1 aromatic heterocycles. The number of halogens is 2. The number of sulfonamides is 1. The number of benzene rings is 2. The number of hydrogen-bond acceptors (Lipinski definition) is 5. The highest BCUT2D eigenvalue weighted by Gasteiger charge is 2.15. The van der Waals surface area contributed by atoms with E-state index in [0.717, 1.165) is 5.56 Å². The Hall–Kier alpha value is -2.46. The van der Waals surface area contributed by atoms with E-state index in [9.17, 15) is 8.42 Å². The average Bonchev–Trinajstić information content (AvgIpc) is 2.68. The molecule has 2 aromatic carbocycles. The molecule has 11 heteroatoms. The normalized spacial score (nSPS) is 11.0. The van der Waals surface area contributed by atoms with Crippen LogP contribution in [0.15, 0.2) is 65.8 Å². The smallest absolute Gasteiger partial charge is 0.264 e. The molecule has 0 bridgehead atoms. The van der Waals surface area contributed by atoms with Gasteiger partial charge in [-0.05, 0) is 60.2 Å². The second kappa shape index (κ2) is 9.36. The Bertz CT molecular complexity index is 1110. The molecule has 0 aliphatic rings. The van der Waals surface area contributed by atoms with Crippen LogP contribution in [-0.2, 0) is 16.6 Å². The van der Waals surface area contributed by atoms with Crippen LogP contribution >= 0.6 is 35.4 Å². The van der Waals surface area contributed by atoms with Crippen LogP contribution in [0.2, 0.25) is 10.0 Å². The predicted octanol–water partition coefficient (Wildman–Crippen LogP) is 4.07. The van der Waals surface area contributed by atoms with Crippen LogP contribution in [0, 0.1) is 0 Å². The monoisotopic (exact) mass is 467 g/mol. The van der Waals surface area contributed by atoms with Crippen molar-refractivity contribution in [2.24, 2.45) is 0 Å². The minimum atomic E-state index is -3.79. The summed E-state index contributed by atoms with van der Waals surface area (Å²) in [6.07, 6.45) is 2.89. The summed E-state index contributed by atoms with van der Waals surface area (Å²) in [7, 11) is -3.79. The summed E-state index contributed by atoms with van der Waals surface area (Å²) in [4.78, 5) is 7.77. The van der Waals surface area contributed by atoms with Crippen molar-refractivity contribution in [2.45, 2.75) is 11.4 Å². The Morgan fingerprint density at radius 3 is 2.38 bits per heavy atom. The Morgan fingerprint density at radius 1 is 1.03 bits per heavy atom. The van der Waals surface area contributed by atoms with Crippen molar-refractivity contribution in [1.82, 2.24) is 15.3 Å². The second-order valence-electron chi connectivity index (χ2n) is 5.75. The molecule has 0 spiro atoms. The van der Waals surface area contributed by atoms with Gasteiger partial charge in [0.1, 0.15) is 0 Å². The van der Waals surface area contributed by atoms with Crippen LogP contribution in [0.3, 0.4) is 0 Å². The van der Waals surface area contributed by atoms with Crippen LogP contribution in [0.5, 0.6) is 0 Å². The molecule has 0 amide bonds. The van der Waals surface area contributed by atoms with Crippen LogP contribution in [0.1, 0.15) is 5.56 Å². The zero-order chi connectivity index (χ0) is 20.9. The van der Waals surface area contributed by atoms with Gasteiger partial charge in [0.2, 0.25) is 5.95 Å². The molecule has 1 heterocycles. The highest BCUT2D eigenvalue weighted by Crippen LogP contribution is 2.21. The van der Waals surface area contributed by atoms with Crippen molar-refractivity contribution in [1.29, 1.82) is 0 Å².